The second-order valence-electron chi connectivity index (χ2n) is 4.64. The zero-order valence-corrected chi connectivity index (χ0v) is 10.8. The molecule has 1 aliphatic carbocycles. The zero-order valence-electron chi connectivity index (χ0n) is 9.94. The summed E-state index contributed by atoms with van der Waals surface area (Å²) < 4.78 is 5.33. The number of ether oxygens (including phenoxy) is 1. The van der Waals surface area contributed by atoms with Crippen LogP contribution in [0.15, 0.2) is 0 Å². The average Bonchev–Trinajstić information content (AvgIpc) is 3.09. The van der Waals surface area contributed by atoms with Gasteiger partial charge in [-0.1, -0.05) is 11.3 Å². The van der Waals surface area contributed by atoms with Crippen LogP contribution < -0.4 is 4.90 Å². The first kappa shape index (κ1) is 11.2. The van der Waals surface area contributed by atoms with E-state index in [1.807, 2.05) is 0 Å². The molecule has 0 N–H and O–H groups in total. The average molecular weight is 252 g/mol. The van der Waals surface area contributed by atoms with Crippen molar-refractivity contribution in [3.8, 4) is 0 Å². The smallest absolute Gasteiger partial charge is 0.186 e. The quantitative estimate of drug-likeness (QED) is 0.772. The molecule has 1 aliphatic heterocycles. The monoisotopic (exact) mass is 252 g/mol. The number of aromatic nitrogens is 1. The van der Waals surface area contributed by atoms with Crippen LogP contribution in [0, 0.1) is 0 Å². The summed E-state index contributed by atoms with van der Waals surface area (Å²) in [4.78, 5) is 19.4. The Morgan fingerprint density at radius 1 is 1.41 bits per heavy atom. The third kappa shape index (κ3) is 2.21. The van der Waals surface area contributed by atoms with Gasteiger partial charge < -0.3 is 9.64 Å². The van der Waals surface area contributed by atoms with Crippen molar-refractivity contribution in [2.24, 2.45) is 0 Å². The van der Waals surface area contributed by atoms with Crippen LogP contribution in [0.2, 0.25) is 0 Å². The predicted molar refractivity (Wildman–Crippen MR) is 67.1 cm³/mol. The number of Topliss-reactive ketones (excluding diaryl/α,β-unsaturated/α-hetero) is 1. The van der Waals surface area contributed by atoms with Gasteiger partial charge in [0.1, 0.15) is 0 Å². The van der Waals surface area contributed by atoms with Gasteiger partial charge in [0.2, 0.25) is 0 Å². The summed E-state index contributed by atoms with van der Waals surface area (Å²) in [7, 11) is 0. The molecular weight excluding hydrogens is 236 g/mol. The highest BCUT2D eigenvalue weighted by molar-refractivity contribution is 7.17. The van der Waals surface area contributed by atoms with Crippen molar-refractivity contribution < 1.29 is 9.53 Å². The van der Waals surface area contributed by atoms with Gasteiger partial charge in [-0.2, -0.15) is 0 Å². The van der Waals surface area contributed by atoms with E-state index in [0.717, 1.165) is 42.0 Å². The SMILES string of the molecule is CC(=O)c1sc(N2CCOCC2)nc1C1CC1. The minimum Gasteiger partial charge on any atom is -0.378 e. The highest BCUT2D eigenvalue weighted by Crippen LogP contribution is 2.44. The summed E-state index contributed by atoms with van der Waals surface area (Å²) in [5, 5.41) is 1.00. The molecular formula is C12H16N2O2S. The number of morpholine rings is 1. The molecule has 2 heterocycles. The molecule has 0 atom stereocenters. The molecule has 2 fully saturated rings. The number of anilines is 1. The minimum atomic E-state index is 0.156. The maximum Gasteiger partial charge on any atom is 0.186 e. The van der Waals surface area contributed by atoms with E-state index in [1.165, 1.54) is 12.8 Å². The van der Waals surface area contributed by atoms with Crippen molar-refractivity contribution in [2.45, 2.75) is 25.7 Å². The van der Waals surface area contributed by atoms with Crippen molar-refractivity contribution >= 4 is 22.3 Å². The van der Waals surface area contributed by atoms with Gasteiger partial charge in [-0.3, -0.25) is 4.79 Å². The Balaban J connectivity index is 1.89. The number of hydrogen-bond donors (Lipinski definition) is 0. The van der Waals surface area contributed by atoms with E-state index in [2.05, 4.69) is 9.88 Å². The highest BCUT2D eigenvalue weighted by atomic mass is 32.1. The van der Waals surface area contributed by atoms with Gasteiger partial charge >= 0.3 is 0 Å². The van der Waals surface area contributed by atoms with Crippen LogP contribution in [0.5, 0.6) is 0 Å². The molecule has 0 unspecified atom stereocenters. The molecule has 1 aromatic rings. The maximum absolute atomic E-state index is 11.6. The largest absolute Gasteiger partial charge is 0.378 e. The van der Waals surface area contributed by atoms with Gasteiger partial charge in [0.15, 0.2) is 10.9 Å². The lowest BCUT2D eigenvalue weighted by Gasteiger charge is -2.26. The van der Waals surface area contributed by atoms with Gasteiger partial charge in [0, 0.05) is 25.9 Å². The molecule has 0 aromatic carbocycles. The number of ketones is 1. The molecule has 0 bridgehead atoms. The van der Waals surface area contributed by atoms with E-state index >= 15 is 0 Å². The van der Waals surface area contributed by atoms with Gasteiger partial charge in [0.05, 0.1) is 23.8 Å². The van der Waals surface area contributed by atoms with Crippen LogP contribution in [-0.2, 0) is 4.74 Å². The predicted octanol–water partition coefficient (Wildman–Crippen LogP) is 2.06. The number of rotatable bonds is 3. The van der Waals surface area contributed by atoms with Crippen LogP contribution in [-0.4, -0.2) is 37.1 Å². The lowest BCUT2D eigenvalue weighted by molar-refractivity contribution is 0.102. The standard InChI is InChI=1S/C12H16N2O2S/c1-8(15)11-10(9-2-3-9)13-12(17-11)14-4-6-16-7-5-14/h9H,2-7H2,1H3. The third-order valence-corrected chi connectivity index (χ3v) is 4.44. The fraction of sp³-hybridized carbons (Fsp3) is 0.667. The summed E-state index contributed by atoms with van der Waals surface area (Å²) in [6.07, 6.45) is 2.37. The maximum atomic E-state index is 11.6. The van der Waals surface area contributed by atoms with Crippen molar-refractivity contribution in [1.29, 1.82) is 0 Å². The van der Waals surface area contributed by atoms with Crippen molar-refractivity contribution in [1.82, 2.24) is 4.98 Å². The van der Waals surface area contributed by atoms with Gasteiger partial charge in [-0.25, -0.2) is 4.98 Å². The van der Waals surface area contributed by atoms with E-state index in [-0.39, 0.29) is 5.78 Å². The summed E-state index contributed by atoms with van der Waals surface area (Å²) in [6.45, 7) is 4.92. The second-order valence-corrected chi connectivity index (χ2v) is 5.62. The Hall–Kier alpha value is -0.940. The lowest BCUT2D eigenvalue weighted by atomic mass is 10.2. The highest BCUT2D eigenvalue weighted by Gasteiger charge is 2.32. The van der Waals surface area contributed by atoms with Crippen LogP contribution in [0.25, 0.3) is 0 Å². The van der Waals surface area contributed by atoms with E-state index in [9.17, 15) is 4.79 Å². The molecule has 0 radical (unpaired) electrons. The fourth-order valence-electron chi connectivity index (χ4n) is 2.10. The Morgan fingerprint density at radius 3 is 2.71 bits per heavy atom. The molecule has 3 rings (SSSR count). The molecule has 2 aliphatic rings. The molecule has 4 nitrogen and oxygen atoms in total. The number of carbonyl (C=O) groups excluding carboxylic acids is 1. The van der Waals surface area contributed by atoms with Gasteiger partial charge in [0.25, 0.3) is 0 Å². The van der Waals surface area contributed by atoms with Crippen LogP contribution >= 0.6 is 11.3 Å². The molecule has 5 heteroatoms. The van der Waals surface area contributed by atoms with Crippen LogP contribution in [0.4, 0.5) is 5.13 Å². The summed E-state index contributed by atoms with van der Waals surface area (Å²) in [5.41, 5.74) is 1.05. The molecule has 17 heavy (non-hydrogen) atoms. The first-order valence-electron chi connectivity index (χ1n) is 6.10. The number of carbonyl (C=O) groups is 1. The summed E-state index contributed by atoms with van der Waals surface area (Å²) in [5.74, 6) is 0.698. The van der Waals surface area contributed by atoms with Crippen molar-refractivity contribution in [3.63, 3.8) is 0 Å². The van der Waals surface area contributed by atoms with Crippen molar-refractivity contribution in [2.75, 3.05) is 31.2 Å². The number of nitrogens with zero attached hydrogens (tertiary/aromatic N) is 2. The van der Waals surface area contributed by atoms with E-state index in [4.69, 9.17) is 4.74 Å². The molecule has 1 saturated heterocycles. The first-order valence-corrected chi connectivity index (χ1v) is 6.91. The third-order valence-electron chi connectivity index (χ3n) is 3.21. The molecule has 0 amide bonds. The van der Waals surface area contributed by atoms with Crippen LogP contribution in [0.1, 0.15) is 41.0 Å². The van der Waals surface area contributed by atoms with Crippen LogP contribution in [0.3, 0.4) is 0 Å². The molecule has 92 valence electrons. The van der Waals surface area contributed by atoms with Gasteiger partial charge in [-0.05, 0) is 12.8 Å². The summed E-state index contributed by atoms with van der Waals surface area (Å²) in [6, 6.07) is 0. The number of thiazole rings is 1. The fourth-order valence-corrected chi connectivity index (χ4v) is 3.19. The summed E-state index contributed by atoms with van der Waals surface area (Å²) >= 11 is 1.55. The topological polar surface area (TPSA) is 42.4 Å². The lowest BCUT2D eigenvalue weighted by Crippen LogP contribution is -2.36. The Labute approximate surface area is 105 Å². The van der Waals surface area contributed by atoms with E-state index in [1.54, 1.807) is 18.3 Å². The van der Waals surface area contributed by atoms with Crippen molar-refractivity contribution in [3.05, 3.63) is 10.6 Å². The molecule has 0 spiro atoms. The van der Waals surface area contributed by atoms with E-state index in [0.29, 0.717) is 5.92 Å². The van der Waals surface area contributed by atoms with Gasteiger partial charge in [-0.15, -0.1) is 0 Å². The molecule has 1 aromatic heterocycles. The Kier molecular flexibility index (Phi) is 2.88. The number of hydrogen-bond acceptors (Lipinski definition) is 5. The second kappa shape index (κ2) is 4.38. The first-order chi connectivity index (χ1) is 8.25. The molecule has 1 saturated carbocycles. The normalized spacial score (nSPS) is 20.6. The zero-order chi connectivity index (χ0) is 11.8. The van der Waals surface area contributed by atoms with E-state index < -0.39 is 0 Å². The Bertz CT molecular complexity index is 434. The minimum absolute atomic E-state index is 0.156. The Morgan fingerprint density at radius 2 is 2.12 bits per heavy atom.